The zero-order valence-corrected chi connectivity index (χ0v) is 9.14. The number of ether oxygens (including phenoxy) is 1. The van der Waals surface area contributed by atoms with Crippen LogP contribution in [0.4, 0.5) is 0 Å². The Kier molecular flexibility index (Phi) is 2.79. The minimum absolute atomic E-state index is 0.0822. The van der Waals surface area contributed by atoms with Crippen molar-refractivity contribution in [1.82, 2.24) is 0 Å². The van der Waals surface area contributed by atoms with E-state index in [2.05, 4.69) is 4.74 Å². The first-order valence-corrected chi connectivity index (χ1v) is 4.79. The highest BCUT2D eigenvalue weighted by molar-refractivity contribution is 6.21. The van der Waals surface area contributed by atoms with Crippen molar-refractivity contribution >= 4 is 11.8 Å². The number of carbonyl (C=O) groups excluding carboxylic acids is 2. The van der Waals surface area contributed by atoms with Gasteiger partial charge < -0.3 is 4.74 Å². The third-order valence-corrected chi connectivity index (χ3v) is 2.67. The molecule has 0 bridgehead atoms. The summed E-state index contributed by atoms with van der Waals surface area (Å²) in [5.41, 5.74) is 0.765. The molecule has 0 saturated heterocycles. The predicted molar refractivity (Wildman–Crippen MR) is 52.7 cm³/mol. The Morgan fingerprint density at radius 2 is 2.07 bits per heavy atom. The Labute approximate surface area is 84.1 Å². The van der Waals surface area contributed by atoms with Gasteiger partial charge in [0.05, 0.1) is 7.11 Å². The molecule has 3 nitrogen and oxygen atoms in total. The van der Waals surface area contributed by atoms with Crippen LogP contribution in [0.3, 0.4) is 0 Å². The molecule has 0 spiro atoms. The molecular weight excluding hydrogens is 180 g/mol. The highest BCUT2D eigenvalue weighted by atomic mass is 16.5. The van der Waals surface area contributed by atoms with E-state index >= 15 is 0 Å². The minimum Gasteiger partial charge on any atom is -0.465 e. The lowest BCUT2D eigenvalue weighted by atomic mass is 9.87. The lowest BCUT2D eigenvalue weighted by molar-refractivity contribution is -0.138. The zero-order chi connectivity index (χ0) is 10.9. The van der Waals surface area contributed by atoms with Crippen molar-refractivity contribution in [3.8, 4) is 0 Å². The molecule has 0 N–H and O–H groups in total. The predicted octanol–water partition coefficient (Wildman–Crippen LogP) is 1.86. The maximum Gasteiger partial charge on any atom is 0.341 e. The van der Waals surface area contributed by atoms with Crippen LogP contribution in [0.2, 0.25) is 0 Å². The molecule has 1 aliphatic rings. The lowest BCUT2D eigenvalue weighted by Crippen LogP contribution is -2.23. The molecule has 0 aromatic carbocycles. The first kappa shape index (κ1) is 11.0. The Bertz CT molecular complexity index is 310. The molecule has 1 rings (SSSR count). The fourth-order valence-electron chi connectivity index (χ4n) is 1.84. The highest BCUT2D eigenvalue weighted by Gasteiger charge is 2.42. The van der Waals surface area contributed by atoms with Gasteiger partial charge in [-0.3, -0.25) is 4.79 Å². The standard InChI is InChI=1S/C11H16O3/c1-5-7-6-11(2,3)9(12)8(7)10(13)14-4/h5-6H2,1-4H3. The van der Waals surface area contributed by atoms with Crippen molar-refractivity contribution in [1.29, 1.82) is 0 Å². The minimum atomic E-state index is -0.488. The summed E-state index contributed by atoms with van der Waals surface area (Å²) in [5.74, 6) is -0.571. The van der Waals surface area contributed by atoms with Crippen LogP contribution in [0, 0.1) is 5.41 Å². The fraction of sp³-hybridized carbons (Fsp3) is 0.636. The van der Waals surface area contributed by atoms with Crippen molar-refractivity contribution < 1.29 is 14.3 Å². The van der Waals surface area contributed by atoms with Crippen molar-refractivity contribution in [3.63, 3.8) is 0 Å². The van der Waals surface area contributed by atoms with Crippen LogP contribution in [0.25, 0.3) is 0 Å². The molecule has 0 heterocycles. The van der Waals surface area contributed by atoms with Gasteiger partial charge in [0.2, 0.25) is 0 Å². The molecule has 0 saturated carbocycles. The van der Waals surface area contributed by atoms with E-state index in [1.54, 1.807) is 0 Å². The Morgan fingerprint density at radius 3 is 2.50 bits per heavy atom. The molecular formula is C11H16O3. The van der Waals surface area contributed by atoms with Crippen molar-refractivity contribution in [2.75, 3.05) is 7.11 Å². The molecule has 0 unspecified atom stereocenters. The normalized spacial score (nSPS) is 20.1. The van der Waals surface area contributed by atoms with Crippen LogP contribution in [-0.4, -0.2) is 18.9 Å². The average molecular weight is 196 g/mol. The first-order valence-electron chi connectivity index (χ1n) is 4.79. The van der Waals surface area contributed by atoms with Gasteiger partial charge in [0, 0.05) is 5.41 Å². The second-order valence-corrected chi connectivity index (χ2v) is 4.21. The molecule has 1 aliphatic carbocycles. The van der Waals surface area contributed by atoms with Crippen LogP contribution >= 0.6 is 0 Å². The van der Waals surface area contributed by atoms with Gasteiger partial charge in [-0.2, -0.15) is 0 Å². The summed E-state index contributed by atoms with van der Waals surface area (Å²) in [7, 11) is 1.31. The largest absolute Gasteiger partial charge is 0.465 e. The number of esters is 1. The van der Waals surface area contributed by atoms with Crippen molar-refractivity contribution in [2.24, 2.45) is 5.41 Å². The summed E-state index contributed by atoms with van der Waals surface area (Å²) < 4.78 is 4.61. The summed E-state index contributed by atoms with van der Waals surface area (Å²) in [4.78, 5) is 23.2. The summed E-state index contributed by atoms with van der Waals surface area (Å²) >= 11 is 0. The number of carbonyl (C=O) groups is 2. The molecule has 3 heteroatoms. The lowest BCUT2D eigenvalue weighted by Gasteiger charge is -2.14. The Hall–Kier alpha value is -1.12. The summed E-state index contributed by atoms with van der Waals surface area (Å²) in [6.45, 7) is 5.68. The van der Waals surface area contributed by atoms with Crippen molar-refractivity contribution in [3.05, 3.63) is 11.1 Å². The quantitative estimate of drug-likeness (QED) is 0.500. The molecule has 78 valence electrons. The molecule has 0 atom stereocenters. The van der Waals surface area contributed by atoms with E-state index in [1.165, 1.54) is 7.11 Å². The van der Waals surface area contributed by atoms with E-state index in [1.807, 2.05) is 20.8 Å². The number of ketones is 1. The molecule has 0 fully saturated rings. The monoisotopic (exact) mass is 196 g/mol. The number of allylic oxidation sites excluding steroid dienone is 1. The van der Waals surface area contributed by atoms with E-state index in [0.717, 1.165) is 12.0 Å². The number of Topliss-reactive ketones (excluding diaryl/α,β-unsaturated/α-hetero) is 1. The Balaban J connectivity index is 3.10. The third-order valence-electron chi connectivity index (χ3n) is 2.67. The molecule has 0 radical (unpaired) electrons. The maximum absolute atomic E-state index is 11.8. The van der Waals surface area contributed by atoms with Gasteiger partial charge in [-0.1, -0.05) is 26.3 Å². The smallest absolute Gasteiger partial charge is 0.341 e. The average Bonchev–Trinajstić information content (AvgIpc) is 2.37. The molecule has 0 aromatic rings. The number of methoxy groups -OCH3 is 1. The topological polar surface area (TPSA) is 43.4 Å². The first-order chi connectivity index (χ1) is 6.44. The van der Waals surface area contributed by atoms with Crippen LogP contribution in [0.15, 0.2) is 11.1 Å². The van der Waals surface area contributed by atoms with Crippen LogP contribution < -0.4 is 0 Å². The molecule has 14 heavy (non-hydrogen) atoms. The van der Waals surface area contributed by atoms with E-state index < -0.39 is 11.4 Å². The molecule has 0 aliphatic heterocycles. The second-order valence-electron chi connectivity index (χ2n) is 4.21. The van der Waals surface area contributed by atoms with Crippen LogP contribution in [0.1, 0.15) is 33.6 Å². The van der Waals surface area contributed by atoms with E-state index in [0.29, 0.717) is 6.42 Å². The van der Waals surface area contributed by atoms with Gasteiger partial charge in [-0.05, 0) is 12.8 Å². The van der Waals surface area contributed by atoms with E-state index in [9.17, 15) is 9.59 Å². The van der Waals surface area contributed by atoms with Gasteiger partial charge in [-0.25, -0.2) is 4.79 Å². The fourth-order valence-corrected chi connectivity index (χ4v) is 1.84. The zero-order valence-electron chi connectivity index (χ0n) is 9.14. The Morgan fingerprint density at radius 1 is 1.50 bits per heavy atom. The van der Waals surface area contributed by atoms with Gasteiger partial charge in [0.15, 0.2) is 5.78 Å². The van der Waals surface area contributed by atoms with Crippen LogP contribution in [0.5, 0.6) is 0 Å². The SMILES string of the molecule is CCC1=C(C(=O)OC)C(=O)C(C)(C)C1. The summed E-state index contributed by atoms with van der Waals surface area (Å²) in [5, 5.41) is 0. The van der Waals surface area contributed by atoms with Crippen molar-refractivity contribution in [2.45, 2.75) is 33.6 Å². The third kappa shape index (κ3) is 1.59. The molecule has 0 amide bonds. The van der Waals surface area contributed by atoms with Crippen LogP contribution in [-0.2, 0) is 14.3 Å². The van der Waals surface area contributed by atoms with Gasteiger partial charge in [0.25, 0.3) is 0 Å². The van der Waals surface area contributed by atoms with Gasteiger partial charge in [0.1, 0.15) is 5.57 Å². The van der Waals surface area contributed by atoms with E-state index in [-0.39, 0.29) is 11.4 Å². The highest BCUT2D eigenvalue weighted by Crippen LogP contribution is 2.39. The van der Waals surface area contributed by atoms with Gasteiger partial charge >= 0.3 is 5.97 Å². The number of rotatable bonds is 2. The second kappa shape index (κ2) is 3.56. The molecule has 0 aromatic heterocycles. The summed E-state index contributed by atoms with van der Waals surface area (Å²) in [6.07, 6.45) is 1.41. The number of hydrogen-bond acceptors (Lipinski definition) is 3. The van der Waals surface area contributed by atoms with Gasteiger partial charge in [-0.15, -0.1) is 0 Å². The number of hydrogen-bond donors (Lipinski definition) is 0. The maximum atomic E-state index is 11.8. The van der Waals surface area contributed by atoms with E-state index in [4.69, 9.17) is 0 Å². The summed E-state index contributed by atoms with van der Waals surface area (Å²) in [6, 6.07) is 0.